The summed E-state index contributed by atoms with van der Waals surface area (Å²) < 4.78 is 5.74. The lowest BCUT2D eigenvalue weighted by Crippen LogP contribution is -2.26. The largest absolute Gasteiger partial charge is 0.492 e. The third-order valence-electron chi connectivity index (χ3n) is 3.30. The minimum Gasteiger partial charge on any atom is -0.492 e. The molecule has 1 heterocycles. The molecule has 0 amide bonds. The monoisotopic (exact) mass is 264 g/mol. The smallest absolute Gasteiger partial charge is 0.120 e. The van der Waals surface area contributed by atoms with Crippen LogP contribution >= 0.6 is 12.2 Å². The van der Waals surface area contributed by atoms with E-state index in [0.29, 0.717) is 11.6 Å². The number of ether oxygens (including phenoxy) is 1. The highest BCUT2D eigenvalue weighted by Gasteiger charge is 2.17. The van der Waals surface area contributed by atoms with Gasteiger partial charge in [-0.15, -0.1) is 0 Å². The van der Waals surface area contributed by atoms with Crippen LogP contribution in [0, 0.1) is 5.92 Å². The molecule has 4 heteroatoms. The Labute approximate surface area is 114 Å². The van der Waals surface area contributed by atoms with Gasteiger partial charge in [-0.2, -0.15) is 0 Å². The second-order valence-corrected chi connectivity index (χ2v) is 5.37. The topological polar surface area (TPSA) is 38.5 Å². The first-order chi connectivity index (χ1) is 8.65. The van der Waals surface area contributed by atoms with Crippen LogP contribution in [0.1, 0.15) is 18.9 Å². The summed E-state index contributed by atoms with van der Waals surface area (Å²) in [4.78, 5) is 2.86. The number of likely N-dealkylation sites (tertiary alicyclic amines) is 1. The van der Waals surface area contributed by atoms with E-state index in [1.807, 2.05) is 24.3 Å². The second-order valence-electron chi connectivity index (χ2n) is 4.93. The van der Waals surface area contributed by atoms with Crippen molar-refractivity contribution in [2.24, 2.45) is 11.7 Å². The molecule has 2 N–H and O–H groups in total. The first kappa shape index (κ1) is 13.3. The van der Waals surface area contributed by atoms with E-state index in [9.17, 15) is 0 Å². The normalized spacial score (nSPS) is 19.9. The molecule has 1 fully saturated rings. The summed E-state index contributed by atoms with van der Waals surface area (Å²) in [6, 6.07) is 7.66. The Morgan fingerprint density at radius 2 is 2.39 bits per heavy atom. The van der Waals surface area contributed by atoms with Crippen molar-refractivity contribution in [3.8, 4) is 5.75 Å². The van der Waals surface area contributed by atoms with Crippen LogP contribution in [-0.2, 0) is 0 Å². The van der Waals surface area contributed by atoms with Gasteiger partial charge in [0.1, 0.15) is 17.3 Å². The number of hydrogen-bond donors (Lipinski definition) is 1. The lowest BCUT2D eigenvalue weighted by molar-refractivity contribution is 0.234. The molecule has 1 aliphatic rings. The van der Waals surface area contributed by atoms with Gasteiger partial charge in [0.2, 0.25) is 0 Å². The molecule has 2 rings (SSSR count). The van der Waals surface area contributed by atoms with Crippen molar-refractivity contribution in [2.75, 3.05) is 26.2 Å². The van der Waals surface area contributed by atoms with Gasteiger partial charge in [-0.3, -0.25) is 4.90 Å². The maximum atomic E-state index is 5.74. The summed E-state index contributed by atoms with van der Waals surface area (Å²) in [5, 5.41) is 0. The minimum atomic E-state index is 0.411. The van der Waals surface area contributed by atoms with E-state index >= 15 is 0 Å². The number of nitrogens with zero attached hydrogens (tertiary/aromatic N) is 1. The molecule has 1 aromatic carbocycles. The van der Waals surface area contributed by atoms with Gasteiger partial charge in [-0.05, 0) is 31.0 Å². The molecular formula is C14H20N2OS. The second kappa shape index (κ2) is 6.16. The lowest BCUT2D eigenvalue weighted by atomic mass is 10.2. The van der Waals surface area contributed by atoms with Gasteiger partial charge in [-0.1, -0.05) is 31.3 Å². The van der Waals surface area contributed by atoms with Crippen molar-refractivity contribution in [3.05, 3.63) is 29.8 Å². The predicted molar refractivity (Wildman–Crippen MR) is 78.0 cm³/mol. The van der Waals surface area contributed by atoms with Crippen LogP contribution in [-0.4, -0.2) is 36.1 Å². The van der Waals surface area contributed by atoms with Crippen LogP contribution in [0.4, 0.5) is 0 Å². The van der Waals surface area contributed by atoms with Crippen molar-refractivity contribution < 1.29 is 4.74 Å². The quantitative estimate of drug-likeness (QED) is 0.826. The van der Waals surface area contributed by atoms with Gasteiger partial charge in [0.25, 0.3) is 0 Å². The number of thiocarbonyl (C=S) groups is 1. The van der Waals surface area contributed by atoms with Crippen LogP contribution in [0.3, 0.4) is 0 Å². The van der Waals surface area contributed by atoms with Crippen molar-refractivity contribution in [1.82, 2.24) is 4.90 Å². The Morgan fingerprint density at radius 1 is 1.56 bits per heavy atom. The number of rotatable bonds is 5. The molecule has 1 aliphatic heterocycles. The maximum Gasteiger partial charge on any atom is 0.120 e. The lowest BCUT2D eigenvalue weighted by Gasteiger charge is -2.15. The standard InChI is InChI=1S/C14H20N2OS/c1-11-5-6-16(10-11)7-8-17-13-4-2-3-12(9-13)14(15)18/h2-4,9,11H,5-8,10H2,1H3,(H2,15,18). The van der Waals surface area contributed by atoms with E-state index in [4.69, 9.17) is 22.7 Å². The van der Waals surface area contributed by atoms with Crippen LogP contribution < -0.4 is 10.5 Å². The Balaban J connectivity index is 1.79. The van der Waals surface area contributed by atoms with Crippen molar-refractivity contribution in [2.45, 2.75) is 13.3 Å². The zero-order valence-corrected chi connectivity index (χ0v) is 11.6. The predicted octanol–water partition coefficient (Wildman–Crippen LogP) is 2.04. The van der Waals surface area contributed by atoms with E-state index < -0.39 is 0 Å². The van der Waals surface area contributed by atoms with Gasteiger partial charge in [-0.25, -0.2) is 0 Å². The van der Waals surface area contributed by atoms with Crippen molar-refractivity contribution >= 4 is 17.2 Å². The van der Waals surface area contributed by atoms with Crippen molar-refractivity contribution in [1.29, 1.82) is 0 Å². The van der Waals surface area contributed by atoms with Gasteiger partial charge in [0.15, 0.2) is 0 Å². The summed E-state index contributed by atoms with van der Waals surface area (Å²) in [5.74, 6) is 1.66. The fraction of sp³-hybridized carbons (Fsp3) is 0.500. The summed E-state index contributed by atoms with van der Waals surface area (Å²) in [6.07, 6.45) is 1.30. The molecule has 3 nitrogen and oxygen atoms in total. The number of hydrogen-bond acceptors (Lipinski definition) is 3. The summed E-state index contributed by atoms with van der Waals surface area (Å²) >= 11 is 4.95. The van der Waals surface area contributed by atoms with Crippen molar-refractivity contribution in [3.63, 3.8) is 0 Å². The number of nitrogens with two attached hydrogens (primary N) is 1. The molecule has 98 valence electrons. The van der Waals surface area contributed by atoms with Gasteiger partial charge in [0.05, 0.1) is 0 Å². The Bertz CT molecular complexity index is 422. The fourth-order valence-electron chi connectivity index (χ4n) is 2.26. The molecule has 0 saturated carbocycles. The molecule has 0 radical (unpaired) electrons. The highest BCUT2D eigenvalue weighted by atomic mass is 32.1. The fourth-order valence-corrected chi connectivity index (χ4v) is 2.39. The van der Waals surface area contributed by atoms with Gasteiger partial charge >= 0.3 is 0 Å². The van der Waals surface area contributed by atoms with Crippen LogP contribution in [0.2, 0.25) is 0 Å². The highest BCUT2D eigenvalue weighted by molar-refractivity contribution is 7.80. The average molecular weight is 264 g/mol. The summed E-state index contributed by atoms with van der Waals surface area (Å²) in [6.45, 7) is 6.38. The van der Waals surface area contributed by atoms with Gasteiger partial charge in [0, 0.05) is 18.7 Å². The summed E-state index contributed by atoms with van der Waals surface area (Å²) in [5.41, 5.74) is 6.45. The minimum absolute atomic E-state index is 0.411. The third kappa shape index (κ3) is 3.68. The third-order valence-corrected chi connectivity index (χ3v) is 3.54. The highest BCUT2D eigenvalue weighted by Crippen LogP contribution is 2.16. The first-order valence-electron chi connectivity index (χ1n) is 6.40. The average Bonchev–Trinajstić information content (AvgIpc) is 2.75. The maximum absolute atomic E-state index is 5.74. The van der Waals surface area contributed by atoms with Crippen LogP contribution in [0.15, 0.2) is 24.3 Å². The zero-order chi connectivity index (χ0) is 13.0. The van der Waals surface area contributed by atoms with E-state index in [-0.39, 0.29) is 0 Å². The Kier molecular flexibility index (Phi) is 4.55. The summed E-state index contributed by atoms with van der Waals surface area (Å²) in [7, 11) is 0. The molecule has 1 atom stereocenters. The SMILES string of the molecule is CC1CCN(CCOc2cccc(C(N)=S)c2)C1. The molecule has 0 bridgehead atoms. The first-order valence-corrected chi connectivity index (χ1v) is 6.81. The zero-order valence-electron chi connectivity index (χ0n) is 10.8. The van der Waals surface area contributed by atoms with Crippen LogP contribution in [0.25, 0.3) is 0 Å². The molecule has 18 heavy (non-hydrogen) atoms. The molecule has 1 unspecified atom stereocenters. The molecular weight excluding hydrogens is 244 g/mol. The molecule has 0 spiro atoms. The number of benzene rings is 1. The van der Waals surface area contributed by atoms with E-state index in [1.54, 1.807) is 0 Å². The molecule has 1 saturated heterocycles. The van der Waals surface area contributed by atoms with E-state index in [2.05, 4.69) is 11.8 Å². The molecule has 0 aliphatic carbocycles. The van der Waals surface area contributed by atoms with E-state index in [1.165, 1.54) is 19.5 Å². The Hall–Kier alpha value is -1.13. The molecule has 0 aromatic heterocycles. The van der Waals surface area contributed by atoms with Crippen LogP contribution in [0.5, 0.6) is 5.75 Å². The molecule has 1 aromatic rings. The van der Waals surface area contributed by atoms with Gasteiger partial charge < -0.3 is 10.5 Å². The van der Waals surface area contributed by atoms with E-state index in [0.717, 1.165) is 23.8 Å². The Morgan fingerprint density at radius 3 is 3.06 bits per heavy atom.